The van der Waals surface area contributed by atoms with Gasteiger partial charge in [-0.05, 0) is 48.2 Å². The average Bonchev–Trinajstić information content (AvgIpc) is 2.89. The zero-order valence-corrected chi connectivity index (χ0v) is 11.2. The molecule has 0 aliphatic heterocycles. The fraction of sp³-hybridized carbons (Fsp3) is 0.417. The molecule has 0 aliphatic carbocycles. The Morgan fingerprint density at radius 2 is 2.29 bits per heavy atom. The van der Waals surface area contributed by atoms with Gasteiger partial charge in [0, 0.05) is 12.7 Å². The number of hydrogen-bond donors (Lipinski definition) is 2. The molecule has 3 N–H and O–H groups in total. The van der Waals surface area contributed by atoms with Crippen molar-refractivity contribution < 1.29 is 0 Å². The molecule has 0 spiro atoms. The average molecular weight is 250 g/mol. The monoisotopic (exact) mass is 250 g/mol. The lowest BCUT2D eigenvalue weighted by molar-refractivity contribution is 0.551. The Labute approximate surface area is 105 Å². The van der Waals surface area contributed by atoms with Crippen molar-refractivity contribution in [2.45, 2.75) is 26.3 Å². The van der Waals surface area contributed by atoms with Gasteiger partial charge in [-0.3, -0.25) is 16.0 Å². The zero-order valence-electron chi connectivity index (χ0n) is 10.4. The summed E-state index contributed by atoms with van der Waals surface area (Å²) in [6.07, 6.45) is 0.874. The van der Waals surface area contributed by atoms with E-state index in [2.05, 4.69) is 34.3 Å². The van der Waals surface area contributed by atoms with Gasteiger partial charge >= 0.3 is 0 Å². The van der Waals surface area contributed by atoms with Crippen molar-refractivity contribution in [2.24, 2.45) is 12.9 Å². The molecule has 0 saturated heterocycles. The van der Waals surface area contributed by atoms with Crippen molar-refractivity contribution in [1.82, 2.24) is 15.2 Å². The molecule has 5 heteroatoms. The summed E-state index contributed by atoms with van der Waals surface area (Å²) in [4.78, 5) is 0. The Balaban J connectivity index is 2.24. The lowest BCUT2D eigenvalue weighted by atomic mass is 10.0. The molecule has 0 fully saturated rings. The second-order valence-corrected chi connectivity index (χ2v) is 5.03. The van der Waals surface area contributed by atoms with Gasteiger partial charge in [0.1, 0.15) is 0 Å². The first-order chi connectivity index (χ1) is 8.13. The molecule has 0 amide bonds. The number of nitrogens with one attached hydrogen (secondary N) is 1. The molecule has 2 aromatic heterocycles. The van der Waals surface area contributed by atoms with Crippen LogP contribution in [0.5, 0.6) is 0 Å². The third-order valence-electron chi connectivity index (χ3n) is 3.21. The molecular formula is C12H18N4S. The van der Waals surface area contributed by atoms with Crippen LogP contribution in [0.25, 0.3) is 0 Å². The summed E-state index contributed by atoms with van der Waals surface area (Å²) < 4.78 is 1.92. The number of nitrogens with zero attached hydrogens (tertiary/aromatic N) is 2. The van der Waals surface area contributed by atoms with Crippen LogP contribution in [0.4, 0.5) is 0 Å². The van der Waals surface area contributed by atoms with Crippen molar-refractivity contribution in [3.8, 4) is 0 Å². The molecular weight excluding hydrogens is 232 g/mol. The molecule has 1 unspecified atom stereocenters. The molecule has 4 nitrogen and oxygen atoms in total. The molecule has 2 aromatic rings. The molecule has 0 aromatic carbocycles. The SMILES string of the molecule is Cc1nn(C)c(C)c1CC(NN)c1ccsc1. The number of nitrogens with two attached hydrogens (primary N) is 1. The molecule has 2 rings (SSSR count). The Morgan fingerprint density at radius 3 is 2.76 bits per heavy atom. The lowest BCUT2D eigenvalue weighted by Gasteiger charge is -2.14. The first kappa shape index (κ1) is 12.3. The van der Waals surface area contributed by atoms with Gasteiger partial charge in [-0.25, -0.2) is 0 Å². The molecule has 0 bridgehead atoms. The van der Waals surface area contributed by atoms with Gasteiger partial charge in [-0.2, -0.15) is 16.4 Å². The van der Waals surface area contributed by atoms with Crippen LogP contribution in [-0.2, 0) is 13.5 Å². The maximum Gasteiger partial charge on any atom is 0.0629 e. The highest BCUT2D eigenvalue weighted by Crippen LogP contribution is 2.23. The largest absolute Gasteiger partial charge is 0.272 e. The topological polar surface area (TPSA) is 55.9 Å². The summed E-state index contributed by atoms with van der Waals surface area (Å²) in [5, 5.41) is 8.63. The second-order valence-electron chi connectivity index (χ2n) is 4.25. The zero-order chi connectivity index (χ0) is 12.4. The normalized spacial score (nSPS) is 12.9. The molecule has 2 heterocycles. The van der Waals surface area contributed by atoms with E-state index in [1.54, 1.807) is 11.3 Å². The van der Waals surface area contributed by atoms with Crippen LogP contribution in [0.15, 0.2) is 16.8 Å². The van der Waals surface area contributed by atoms with Crippen molar-refractivity contribution in [3.63, 3.8) is 0 Å². The highest BCUT2D eigenvalue weighted by molar-refractivity contribution is 7.07. The van der Waals surface area contributed by atoms with Gasteiger partial charge in [-0.1, -0.05) is 0 Å². The van der Waals surface area contributed by atoms with Crippen molar-refractivity contribution in [1.29, 1.82) is 0 Å². The van der Waals surface area contributed by atoms with Gasteiger partial charge < -0.3 is 0 Å². The maximum atomic E-state index is 5.65. The Bertz CT molecular complexity index is 487. The van der Waals surface area contributed by atoms with Crippen LogP contribution in [0.2, 0.25) is 0 Å². The van der Waals surface area contributed by atoms with Crippen LogP contribution in [0.1, 0.15) is 28.6 Å². The highest BCUT2D eigenvalue weighted by atomic mass is 32.1. The van der Waals surface area contributed by atoms with E-state index in [0.29, 0.717) is 0 Å². The van der Waals surface area contributed by atoms with Crippen molar-refractivity contribution in [2.75, 3.05) is 0 Å². The number of hydrogen-bond acceptors (Lipinski definition) is 4. The predicted octanol–water partition coefficient (Wildman–Crippen LogP) is 1.85. The highest BCUT2D eigenvalue weighted by Gasteiger charge is 2.16. The van der Waals surface area contributed by atoms with Gasteiger partial charge in [0.25, 0.3) is 0 Å². The quantitative estimate of drug-likeness (QED) is 0.643. The van der Waals surface area contributed by atoms with E-state index < -0.39 is 0 Å². The predicted molar refractivity (Wildman–Crippen MR) is 70.8 cm³/mol. The van der Waals surface area contributed by atoms with Crippen molar-refractivity contribution in [3.05, 3.63) is 39.3 Å². The first-order valence-electron chi connectivity index (χ1n) is 5.60. The fourth-order valence-electron chi connectivity index (χ4n) is 2.06. The van der Waals surface area contributed by atoms with E-state index >= 15 is 0 Å². The van der Waals surface area contributed by atoms with Crippen LogP contribution >= 0.6 is 11.3 Å². The number of rotatable bonds is 4. The van der Waals surface area contributed by atoms with E-state index in [-0.39, 0.29) is 6.04 Å². The first-order valence-corrected chi connectivity index (χ1v) is 6.55. The molecule has 0 radical (unpaired) electrons. The standard InChI is InChI=1S/C12H18N4S/c1-8-11(9(2)16(3)15-8)6-12(14-13)10-4-5-17-7-10/h4-5,7,12,14H,6,13H2,1-3H3. The van der Waals surface area contributed by atoms with Crippen LogP contribution in [-0.4, -0.2) is 9.78 Å². The van der Waals surface area contributed by atoms with Crippen LogP contribution in [0.3, 0.4) is 0 Å². The summed E-state index contributed by atoms with van der Waals surface area (Å²) in [7, 11) is 1.97. The molecule has 1 atom stereocenters. The minimum Gasteiger partial charge on any atom is -0.272 e. The third kappa shape index (κ3) is 2.41. The Morgan fingerprint density at radius 1 is 1.53 bits per heavy atom. The minimum absolute atomic E-state index is 0.155. The molecule has 0 saturated carbocycles. The molecule has 92 valence electrons. The summed E-state index contributed by atoms with van der Waals surface area (Å²) >= 11 is 1.69. The number of aromatic nitrogens is 2. The van der Waals surface area contributed by atoms with E-state index in [1.165, 1.54) is 16.8 Å². The van der Waals surface area contributed by atoms with E-state index in [4.69, 9.17) is 5.84 Å². The summed E-state index contributed by atoms with van der Waals surface area (Å²) in [6, 6.07) is 2.26. The summed E-state index contributed by atoms with van der Waals surface area (Å²) in [5.74, 6) is 5.65. The maximum absolute atomic E-state index is 5.65. The smallest absolute Gasteiger partial charge is 0.0629 e. The minimum atomic E-state index is 0.155. The van der Waals surface area contributed by atoms with E-state index in [1.807, 2.05) is 18.7 Å². The van der Waals surface area contributed by atoms with Crippen molar-refractivity contribution >= 4 is 11.3 Å². The lowest BCUT2D eigenvalue weighted by Crippen LogP contribution is -2.29. The Hall–Kier alpha value is -1.17. The van der Waals surface area contributed by atoms with Gasteiger partial charge in [0.2, 0.25) is 0 Å². The number of aryl methyl sites for hydroxylation is 2. The van der Waals surface area contributed by atoms with Gasteiger partial charge in [-0.15, -0.1) is 0 Å². The summed E-state index contributed by atoms with van der Waals surface area (Å²) in [5.41, 5.74) is 7.69. The van der Waals surface area contributed by atoms with Gasteiger partial charge in [0.15, 0.2) is 0 Å². The van der Waals surface area contributed by atoms with Gasteiger partial charge in [0.05, 0.1) is 11.7 Å². The number of hydrazine groups is 1. The second kappa shape index (κ2) is 5.00. The fourth-order valence-corrected chi connectivity index (χ4v) is 2.78. The van der Waals surface area contributed by atoms with Crippen LogP contribution < -0.4 is 11.3 Å². The molecule has 0 aliphatic rings. The third-order valence-corrected chi connectivity index (χ3v) is 3.92. The van der Waals surface area contributed by atoms with E-state index in [0.717, 1.165) is 12.1 Å². The summed E-state index contributed by atoms with van der Waals surface area (Å²) in [6.45, 7) is 4.14. The Kier molecular flexibility index (Phi) is 3.61. The van der Waals surface area contributed by atoms with Crippen LogP contribution in [0, 0.1) is 13.8 Å². The number of thiophene rings is 1. The van der Waals surface area contributed by atoms with E-state index in [9.17, 15) is 0 Å². The molecule has 17 heavy (non-hydrogen) atoms.